The number of hydrogen-bond donors (Lipinski definition) is 2. The Morgan fingerprint density at radius 3 is 1.65 bits per heavy atom. The topological polar surface area (TPSA) is 52.8 Å². The molecular formula is C19H14ClNO2. The molecule has 0 bridgehead atoms. The average Bonchev–Trinajstić information content (AvgIpc) is 2.56. The summed E-state index contributed by atoms with van der Waals surface area (Å²) in [5.74, 6) is 0.382. The molecule has 23 heavy (non-hydrogen) atoms. The van der Waals surface area contributed by atoms with Crippen LogP contribution in [0.1, 0.15) is 11.1 Å². The molecule has 0 aliphatic heterocycles. The third-order valence-corrected chi connectivity index (χ3v) is 3.69. The van der Waals surface area contributed by atoms with E-state index in [1.807, 2.05) is 18.2 Å². The van der Waals surface area contributed by atoms with Crippen molar-refractivity contribution in [2.45, 2.75) is 0 Å². The number of rotatable bonds is 3. The van der Waals surface area contributed by atoms with Gasteiger partial charge in [-0.05, 0) is 60.7 Å². The second kappa shape index (κ2) is 6.55. The van der Waals surface area contributed by atoms with Gasteiger partial charge in [-0.15, -0.1) is 0 Å². The summed E-state index contributed by atoms with van der Waals surface area (Å²) in [7, 11) is 0. The fourth-order valence-corrected chi connectivity index (χ4v) is 2.38. The Kier molecular flexibility index (Phi) is 4.31. The zero-order chi connectivity index (χ0) is 16.2. The van der Waals surface area contributed by atoms with Gasteiger partial charge in [0.1, 0.15) is 11.5 Å². The molecule has 0 amide bonds. The molecule has 0 spiro atoms. The predicted molar refractivity (Wildman–Crippen MR) is 93.0 cm³/mol. The number of aromatic hydroxyl groups is 2. The van der Waals surface area contributed by atoms with Gasteiger partial charge >= 0.3 is 0 Å². The summed E-state index contributed by atoms with van der Waals surface area (Å²) in [6.45, 7) is 0. The first kappa shape index (κ1) is 15.1. The Bertz CT molecular complexity index is 793. The number of halogens is 1. The van der Waals surface area contributed by atoms with Crippen LogP contribution >= 0.6 is 11.6 Å². The maximum atomic E-state index is 9.49. The van der Waals surface area contributed by atoms with Gasteiger partial charge in [-0.1, -0.05) is 23.7 Å². The van der Waals surface area contributed by atoms with E-state index in [9.17, 15) is 10.2 Å². The molecule has 0 atom stereocenters. The SMILES string of the molecule is Oc1ccc(C(=Nc2ccccc2Cl)c2ccc(O)cc2)cc1. The van der Waals surface area contributed by atoms with Crippen LogP contribution in [0.3, 0.4) is 0 Å². The molecule has 0 fully saturated rings. The van der Waals surface area contributed by atoms with E-state index in [0.717, 1.165) is 11.1 Å². The van der Waals surface area contributed by atoms with E-state index in [4.69, 9.17) is 11.6 Å². The first-order valence-corrected chi connectivity index (χ1v) is 7.43. The summed E-state index contributed by atoms with van der Waals surface area (Å²) in [5.41, 5.74) is 3.05. The number of para-hydroxylation sites is 1. The van der Waals surface area contributed by atoms with Gasteiger partial charge in [-0.3, -0.25) is 0 Å². The van der Waals surface area contributed by atoms with Crippen molar-refractivity contribution in [1.82, 2.24) is 0 Å². The summed E-state index contributed by atoms with van der Waals surface area (Å²) in [5, 5.41) is 19.5. The number of phenolic OH excluding ortho intramolecular Hbond substituents is 2. The highest BCUT2D eigenvalue weighted by atomic mass is 35.5. The highest BCUT2D eigenvalue weighted by Gasteiger charge is 2.09. The minimum absolute atomic E-state index is 0.191. The summed E-state index contributed by atoms with van der Waals surface area (Å²) < 4.78 is 0. The zero-order valence-electron chi connectivity index (χ0n) is 12.1. The molecule has 0 heterocycles. The molecule has 0 aliphatic rings. The molecule has 114 valence electrons. The quantitative estimate of drug-likeness (QED) is 0.672. The molecule has 2 N–H and O–H groups in total. The van der Waals surface area contributed by atoms with Crippen LogP contribution in [0.4, 0.5) is 5.69 Å². The highest BCUT2D eigenvalue weighted by Crippen LogP contribution is 2.27. The van der Waals surface area contributed by atoms with Crippen molar-refractivity contribution in [3.63, 3.8) is 0 Å². The largest absolute Gasteiger partial charge is 0.508 e. The Balaban J connectivity index is 2.15. The lowest BCUT2D eigenvalue weighted by atomic mass is 10.0. The van der Waals surface area contributed by atoms with Gasteiger partial charge in [0.15, 0.2) is 0 Å². The van der Waals surface area contributed by atoms with E-state index < -0.39 is 0 Å². The van der Waals surface area contributed by atoms with Gasteiger partial charge in [-0.25, -0.2) is 4.99 Å². The van der Waals surface area contributed by atoms with Gasteiger partial charge < -0.3 is 10.2 Å². The first-order chi connectivity index (χ1) is 11.1. The molecule has 3 aromatic carbocycles. The van der Waals surface area contributed by atoms with Crippen LogP contribution in [0.15, 0.2) is 77.8 Å². The number of nitrogens with zero attached hydrogens (tertiary/aromatic N) is 1. The number of aliphatic imine (C=N–C) groups is 1. The molecule has 0 aliphatic carbocycles. The summed E-state index contributed by atoms with van der Waals surface area (Å²) in [6, 6.07) is 20.9. The number of phenols is 2. The second-order valence-corrected chi connectivity index (χ2v) is 5.41. The lowest BCUT2D eigenvalue weighted by Gasteiger charge is -2.09. The van der Waals surface area contributed by atoms with Crippen LogP contribution in [-0.2, 0) is 0 Å². The van der Waals surface area contributed by atoms with Crippen LogP contribution in [0.5, 0.6) is 11.5 Å². The molecule has 0 unspecified atom stereocenters. The van der Waals surface area contributed by atoms with E-state index in [1.165, 1.54) is 0 Å². The first-order valence-electron chi connectivity index (χ1n) is 7.05. The number of hydrogen-bond acceptors (Lipinski definition) is 3. The van der Waals surface area contributed by atoms with Gasteiger partial charge in [0.05, 0.1) is 16.4 Å². The van der Waals surface area contributed by atoms with Crippen LogP contribution in [0, 0.1) is 0 Å². The smallest absolute Gasteiger partial charge is 0.115 e. The third kappa shape index (κ3) is 3.52. The van der Waals surface area contributed by atoms with Crippen LogP contribution in [-0.4, -0.2) is 15.9 Å². The molecule has 3 rings (SSSR count). The van der Waals surface area contributed by atoms with E-state index in [2.05, 4.69) is 4.99 Å². The van der Waals surface area contributed by atoms with Crippen molar-refractivity contribution in [3.05, 3.63) is 88.9 Å². The Morgan fingerprint density at radius 2 is 1.17 bits per heavy atom. The summed E-state index contributed by atoms with van der Waals surface area (Å²) >= 11 is 6.21. The second-order valence-electron chi connectivity index (χ2n) is 5.01. The van der Waals surface area contributed by atoms with Gasteiger partial charge in [0.25, 0.3) is 0 Å². The normalized spacial score (nSPS) is 10.3. The van der Waals surface area contributed by atoms with E-state index in [0.29, 0.717) is 16.4 Å². The summed E-state index contributed by atoms with van der Waals surface area (Å²) in [6.07, 6.45) is 0. The Morgan fingerprint density at radius 1 is 0.696 bits per heavy atom. The molecule has 3 aromatic rings. The van der Waals surface area contributed by atoms with Gasteiger partial charge in [-0.2, -0.15) is 0 Å². The molecule has 0 radical (unpaired) electrons. The molecule has 3 nitrogen and oxygen atoms in total. The average molecular weight is 324 g/mol. The van der Waals surface area contributed by atoms with Crippen molar-refractivity contribution in [2.24, 2.45) is 4.99 Å². The fraction of sp³-hybridized carbons (Fsp3) is 0. The predicted octanol–water partition coefficient (Wildman–Crippen LogP) is 4.92. The van der Waals surface area contributed by atoms with Crippen molar-refractivity contribution < 1.29 is 10.2 Å². The molecular weight excluding hydrogens is 310 g/mol. The van der Waals surface area contributed by atoms with Crippen molar-refractivity contribution in [2.75, 3.05) is 0 Å². The van der Waals surface area contributed by atoms with Crippen LogP contribution in [0.25, 0.3) is 0 Å². The lowest BCUT2D eigenvalue weighted by molar-refractivity contribution is 0.475. The summed E-state index contributed by atoms with van der Waals surface area (Å²) in [4.78, 5) is 4.68. The monoisotopic (exact) mass is 323 g/mol. The third-order valence-electron chi connectivity index (χ3n) is 3.37. The highest BCUT2D eigenvalue weighted by molar-refractivity contribution is 6.33. The van der Waals surface area contributed by atoms with Crippen molar-refractivity contribution in [1.29, 1.82) is 0 Å². The maximum Gasteiger partial charge on any atom is 0.115 e. The molecule has 0 saturated carbocycles. The van der Waals surface area contributed by atoms with E-state index in [-0.39, 0.29) is 11.5 Å². The molecule has 0 aromatic heterocycles. The van der Waals surface area contributed by atoms with Gasteiger partial charge in [0.2, 0.25) is 0 Å². The van der Waals surface area contributed by atoms with Crippen molar-refractivity contribution >= 4 is 23.0 Å². The minimum atomic E-state index is 0.191. The fourth-order valence-electron chi connectivity index (χ4n) is 2.20. The molecule has 4 heteroatoms. The number of benzene rings is 3. The Hall–Kier alpha value is -2.78. The zero-order valence-corrected chi connectivity index (χ0v) is 12.9. The van der Waals surface area contributed by atoms with Gasteiger partial charge in [0, 0.05) is 11.1 Å². The van der Waals surface area contributed by atoms with Crippen molar-refractivity contribution in [3.8, 4) is 11.5 Å². The lowest BCUT2D eigenvalue weighted by Crippen LogP contribution is -2.02. The maximum absolute atomic E-state index is 9.49. The van der Waals surface area contributed by atoms with E-state index in [1.54, 1.807) is 54.6 Å². The van der Waals surface area contributed by atoms with Crippen LogP contribution < -0.4 is 0 Å². The van der Waals surface area contributed by atoms with Crippen LogP contribution in [0.2, 0.25) is 5.02 Å². The minimum Gasteiger partial charge on any atom is -0.508 e. The van der Waals surface area contributed by atoms with E-state index >= 15 is 0 Å². The Labute approximate surface area is 139 Å². The standard InChI is InChI=1S/C19H14ClNO2/c20-17-3-1-2-4-18(17)21-19(13-5-9-15(22)10-6-13)14-7-11-16(23)12-8-14/h1-12,22-23H. The molecule has 0 saturated heterocycles.